The van der Waals surface area contributed by atoms with Crippen molar-refractivity contribution in [2.75, 3.05) is 24.1 Å². The van der Waals surface area contributed by atoms with Crippen LogP contribution in [-0.4, -0.2) is 55.3 Å². The molecule has 0 atom stereocenters. The summed E-state index contributed by atoms with van der Waals surface area (Å²) in [6.07, 6.45) is -1.30. The predicted octanol–water partition coefficient (Wildman–Crippen LogP) is 6.58. The van der Waals surface area contributed by atoms with Crippen LogP contribution in [0.2, 0.25) is 0 Å². The van der Waals surface area contributed by atoms with Crippen molar-refractivity contribution in [1.29, 1.82) is 0 Å². The van der Waals surface area contributed by atoms with E-state index in [-0.39, 0.29) is 39.2 Å². The molecule has 0 unspecified atom stereocenters. The zero-order chi connectivity index (χ0) is 35.5. The van der Waals surface area contributed by atoms with Crippen LogP contribution in [0, 0.1) is 29.4 Å². The minimum absolute atomic E-state index is 0.0343. The van der Waals surface area contributed by atoms with Crippen LogP contribution in [0.25, 0.3) is 5.82 Å². The lowest BCUT2D eigenvalue weighted by Gasteiger charge is -2.31. The van der Waals surface area contributed by atoms with Gasteiger partial charge in [-0.2, -0.15) is 18.3 Å². The summed E-state index contributed by atoms with van der Waals surface area (Å²) in [5.74, 6) is 1.74. The van der Waals surface area contributed by atoms with E-state index in [1.807, 2.05) is 0 Å². The van der Waals surface area contributed by atoms with Gasteiger partial charge in [-0.25, -0.2) is 28.2 Å². The number of nitrogens with one attached hydrogen (secondary N) is 1. The standard InChI is InChI=1S/C33H30F5N7O4/c1-32(2,3)49-31(47)44-15-11-19(12-16-44)6-8-21-25(10-14-40-28(21)39)48-26-9-7-20(17-24(26)35)43-30(46)22-18-42-45(27(22)33(36,37)38)29-23(34)5-4-13-41-29/h4-5,7,9-10,13-14,17-19H,11-12,15-16H2,1-3H3,(H2,39,40)(H,43,46). The number of amides is 2. The molecule has 3 N–H and O–H groups in total. The van der Waals surface area contributed by atoms with Crippen molar-refractivity contribution in [3.8, 4) is 29.2 Å². The number of rotatable bonds is 5. The molecule has 1 fully saturated rings. The molecule has 0 bridgehead atoms. The fourth-order valence-electron chi connectivity index (χ4n) is 4.84. The van der Waals surface area contributed by atoms with Gasteiger partial charge in [0, 0.05) is 49.2 Å². The molecule has 2 amide bonds. The van der Waals surface area contributed by atoms with Crippen molar-refractivity contribution in [2.45, 2.75) is 45.4 Å². The molecule has 256 valence electrons. The van der Waals surface area contributed by atoms with E-state index < -0.39 is 52.5 Å². The van der Waals surface area contributed by atoms with Crippen molar-refractivity contribution in [1.82, 2.24) is 24.6 Å². The summed E-state index contributed by atoms with van der Waals surface area (Å²) in [5.41, 5.74) is 2.94. The lowest BCUT2D eigenvalue weighted by Crippen LogP contribution is -2.41. The second kappa shape index (κ2) is 13.8. The number of anilines is 2. The first-order valence-electron chi connectivity index (χ1n) is 14.9. The molecule has 11 nitrogen and oxygen atoms in total. The lowest BCUT2D eigenvalue weighted by atomic mass is 9.97. The molecule has 1 aromatic carbocycles. The van der Waals surface area contributed by atoms with Crippen molar-refractivity contribution < 1.29 is 41.0 Å². The first-order chi connectivity index (χ1) is 23.1. The number of carbonyl (C=O) groups is 2. The van der Waals surface area contributed by atoms with Gasteiger partial charge in [-0.1, -0.05) is 11.8 Å². The minimum atomic E-state index is -5.12. The lowest BCUT2D eigenvalue weighted by molar-refractivity contribution is -0.143. The second-order valence-corrected chi connectivity index (χ2v) is 11.9. The number of carbonyl (C=O) groups excluding carboxylic acids is 2. The first kappa shape index (κ1) is 34.6. The quantitative estimate of drug-likeness (QED) is 0.178. The Morgan fingerprint density at radius 1 is 1.00 bits per heavy atom. The average Bonchev–Trinajstić information content (AvgIpc) is 3.48. The van der Waals surface area contributed by atoms with E-state index in [0.717, 1.165) is 24.4 Å². The molecular formula is C33H30F5N7O4. The zero-order valence-electron chi connectivity index (χ0n) is 26.4. The fourth-order valence-corrected chi connectivity index (χ4v) is 4.84. The molecule has 4 aromatic rings. The highest BCUT2D eigenvalue weighted by molar-refractivity contribution is 6.05. The second-order valence-electron chi connectivity index (χ2n) is 11.9. The maximum atomic E-state index is 15.2. The molecule has 1 aliphatic heterocycles. The minimum Gasteiger partial charge on any atom is -0.453 e. The van der Waals surface area contributed by atoms with Gasteiger partial charge in [0.25, 0.3) is 5.91 Å². The van der Waals surface area contributed by atoms with E-state index in [1.165, 1.54) is 24.4 Å². The van der Waals surface area contributed by atoms with E-state index >= 15 is 4.39 Å². The Morgan fingerprint density at radius 2 is 1.73 bits per heavy atom. The van der Waals surface area contributed by atoms with E-state index in [9.17, 15) is 27.2 Å². The van der Waals surface area contributed by atoms with Gasteiger partial charge in [0.15, 0.2) is 28.9 Å². The smallest absolute Gasteiger partial charge is 0.434 e. The fraction of sp³-hybridized carbons (Fsp3) is 0.303. The molecule has 0 aliphatic carbocycles. The van der Waals surface area contributed by atoms with Crippen molar-refractivity contribution in [2.24, 2.45) is 5.92 Å². The molecule has 0 saturated carbocycles. The summed E-state index contributed by atoms with van der Waals surface area (Å²) in [6, 6.07) is 6.72. The van der Waals surface area contributed by atoms with Crippen molar-refractivity contribution >= 4 is 23.5 Å². The summed E-state index contributed by atoms with van der Waals surface area (Å²) in [4.78, 5) is 34.5. The third-order valence-corrected chi connectivity index (χ3v) is 7.12. The summed E-state index contributed by atoms with van der Waals surface area (Å²) in [5, 5.41) is 5.72. The number of nitrogens with zero attached hydrogens (tertiary/aromatic N) is 5. The van der Waals surface area contributed by atoms with Crippen LogP contribution in [0.5, 0.6) is 11.5 Å². The molecule has 16 heteroatoms. The van der Waals surface area contributed by atoms with Gasteiger partial charge in [0.05, 0.1) is 11.8 Å². The highest BCUT2D eigenvalue weighted by Crippen LogP contribution is 2.35. The number of nitrogens with two attached hydrogens (primary N) is 1. The highest BCUT2D eigenvalue weighted by Gasteiger charge is 2.41. The van der Waals surface area contributed by atoms with Crippen LogP contribution in [0.4, 0.5) is 38.3 Å². The molecule has 1 saturated heterocycles. The molecule has 4 heterocycles. The van der Waals surface area contributed by atoms with Crippen LogP contribution < -0.4 is 15.8 Å². The van der Waals surface area contributed by atoms with Crippen molar-refractivity contribution in [3.05, 3.63) is 83.4 Å². The van der Waals surface area contributed by atoms with E-state index in [2.05, 4.69) is 32.2 Å². The Morgan fingerprint density at radius 3 is 2.39 bits per heavy atom. The summed E-state index contributed by atoms with van der Waals surface area (Å²) in [7, 11) is 0. The number of aromatic nitrogens is 4. The maximum Gasteiger partial charge on any atom is 0.434 e. The van der Waals surface area contributed by atoms with Gasteiger partial charge in [0.2, 0.25) is 0 Å². The third-order valence-electron chi connectivity index (χ3n) is 7.12. The number of hydrogen-bond acceptors (Lipinski definition) is 8. The number of ether oxygens (including phenoxy) is 2. The van der Waals surface area contributed by atoms with E-state index in [4.69, 9.17) is 15.2 Å². The van der Waals surface area contributed by atoms with Gasteiger partial charge in [-0.05, 0) is 57.9 Å². The first-order valence-corrected chi connectivity index (χ1v) is 14.9. The van der Waals surface area contributed by atoms with Crippen LogP contribution in [-0.2, 0) is 10.9 Å². The molecule has 49 heavy (non-hydrogen) atoms. The maximum absolute atomic E-state index is 15.2. The number of benzene rings is 1. The Kier molecular flexibility index (Phi) is 9.74. The van der Waals surface area contributed by atoms with Gasteiger partial charge >= 0.3 is 12.3 Å². The summed E-state index contributed by atoms with van der Waals surface area (Å²) in [6.45, 7) is 6.29. The SMILES string of the molecule is CC(C)(C)OC(=O)N1CCC(C#Cc2c(Oc3ccc(NC(=O)c4cnn(-c5ncccc5F)c4C(F)(F)F)cc3F)ccnc2N)CC1. The van der Waals surface area contributed by atoms with Crippen molar-refractivity contribution in [3.63, 3.8) is 0 Å². The molecular weight excluding hydrogens is 653 g/mol. The number of hydrogen-bond donors (Lipinski definition) is 2. The number of nitrogen functional groups attached to an aromatic ring is 1. The third kappa shape index (κ3) is 8.23. The van der Waals surface area contributed by atoms with Crippen LogP contribution >= 0.6 is 0 Å². The number of pyridine rings is 2. The number of likely N-dealkylation sites (tertiary alicyclic amines) is 1. The molecule has 0 spiro atoms. The average molecular weight is 684 g/mol. The largest absolute Gasteiger partial charge is 0.453 e. The highest BCUT2D eigenvalue weighted by atomic mass is 19.4. The molecule has 1 aliphatic rings. The number of alkyl halides is 3. The van der Waals surface area contributed by atoms with Gasteiger partial charge in [-0.15, -0.1) is 0 Å². The van der Waals surface area contributed by atoms with Gasteiger partial charge < -0.3 is 25.4 Å². The summed E-state index contributed by atoms with van der Waals surface area (Å²) < 4.78 is 82.7. The van der Waals surface area contributed by atoms with Crippen LogP contribution in [0.15, 0.2) is 55.0 Å². The monoisotopic (exact) mass is 683 g/mol. The van der Waals surface area contributed by atoms with E-state index in [0.29, 0.717) is 32.1 Å². The normalized spacial score (nSPS) is 13.8. The van der Waals surface area contributed by atoms with Crippen LogP contribution in [0.1, 0.15) is 55.2 Å². The number of halogens is 5. The topological polar surface area (TPSA) is 137 Å². The molecule has 3 aromatic heterocycles. The Balaban J connectivity index is 1.29. The van der Waals surface area contributed by atoms with Gasteiger partial charge in [0.1, 0.15) is 22.7 Å². The molecule has 5 rings (SSSR count). The predicted molar refractivity (Wildman–Crippen MR) is 167 cm³/mol. The Hall–Kier alpha value is -5.72. The van der Waals surface area contributed by atoms with E-state index in [1.54, 1.807) is 25.7 Å². The zero-order valence-corrected chi connectivity index (χ0v) is 26.4. The van der Waals surface area contributed by atoms with Crippen LogP contribution in [0.3, 0.4) is 0 Å². The Bertz CT molecular complexity index is 1940. The Labute approximate surface area is 277 Å². The summed E-state index contributed by atoms with van der Waals surface area (Å²) >= 11 is 0. The van der Waals surface area contributed by atoms with Gasteiger partial charge in [-0.3, -0.25) is 4.79 Å². The molecule has 0 radical (unpaired) electrons. The number of piperidine rings is 1.